The molecule has 0 unspecified atom stereocenters. The number of carbonyl (C=O) groups excluding carboxylic acids is 2. The molecule has 0 bridgehead atoms. The van der Waals surface area contributed by atoms with Crippen molar-refractivity contribution >= 4 is 20.4 Å². The molecule has 0 aliphatic rings. The lowest BCUT2D eigenvalue weighted by atomic mass is 10.2. The summed E-state index contributed by atoms with van der Waals surface area (Å²) in [7, 11) is -1.99. The van der Waals surface area contributed by atoms with Gasteiger partial charge in [-0.05, 0) is 37.9 Å². The molecule has 0 saturated heterocycles. The van der Waals surface area contributed by atoms with E-state index >= 15 is 0 Å². The first-order chi connectivity index (χ1) is 9.60. The van der Waals surface area contributed by atoms with Crippen LogP contribution in [0.4, 0.5) is 4.79 Å². The van der Waals surface area contributed by atoms with Crippen LogP contribution in [0, 0.1) is 0 Å². The van der Waals surface area contributed by atoms with Crippen molar-refractivity contribution in [3.63, 3.8) is 0 Å². The highest BCUT2D eigenvalue weighted by molar-refractivity contribution is 6.75. The highest BCUT2D eigenvalue weighted by Gasteiger charge is 2.40. The van der Waals surface area contributed by atoms with Gasteiger partial charge in [-0.3, -0.25) is 4.79 Å². The zero-order valence-electron chi connectivity index (χ0n) is 14.4. The number of rotatable bonds is 8. The second-order valence-electron chi connectivity index (χ2n) is 6.69. The topological polar surface area (TPSA) is 64.6 Å². The summed E-state index contributed by atoms with van der Waals surface area (Å²) in [4.78, 5) is 22.9. The predicted molar refractivity (Wildman–Crippen MR) is 86.8 cm³/mol. The Bertz CT molecular complexity index is 337. The van der Waals surface area contributed by atoms with Crippen molar-refractivity contribution in [3.05, 3.63) is 0 Å². The van der Waals surface area contributed by atoms with Gasteiger partial charge in [0.1, 0.15) is 0 Å². The van der Waals surface area contributed by atoms with Gasteiger partial charge in [0, 0.05) is 13.0 Å². The molecule has 5 nitrogen and oxygen atoms in total. The Hall–Kier alpha value is -1.04. The molecule has 124 valence electrons. The minimum absolute atomic E-state index is 0.0478. The third-order valence-electron chi connectivity index (χ3n) is 3.78. The fourth-order valence-corrected chi connectivity index (χ4v) is 2.41. The van der Waals surface area contributed by atoms with Gasteiger partial charge in [0.05, 0.1) is 6.61 Å². The van der Waals surface area contributed by atoms with Gasteiger partial charge in [0.15, 0.2) is 0 Å². The van der Waals surface area contributed by atoms with Gasteiger partial charge in [-0.25, -0.2) is 4.79 Å². The fourth-order valence-electron chi connectivity index (χ4n) is 1.43. The maximum atomic E-state index is 11.9. The van der Waals surface area contributed by atoms with Crippen molar-refractivity contribution in [3.8, 4) is 0 Å². The van der Waals surface area contributed by atoms with E-state index in [1.54, 1.807) is 6.92 Å². The molecule has 1 N–H and O–H groups in total. The van der Waals surface area contributed by atoms with Crippen LogP contribution in [0.15, 0.2) is 0 Å². The smallest absolute Gasteiger partial charge is 0.407 e. The van der Waals surface area contributed by atoms with Gasteiger partial charge in [0.25, 0.3) is 14.3 Å². The molecule has 0 fully saturated rings. The van der Waals surface area contributed by atoms with Gasteiger partial charge in [-0.2, -0.15) is 0 Å². The normalized spacial score (nSPS) is 11.9. The second kappa shape index (κ2) is 9.07. The predicted octanol–water partition coefficient (Wildman–Crippen LogP) is 3.84. The SMILES string of the molecule is CCOC(=O)NCCCCCC(=O)O[Si](C)(C)C(C)(C)C. The Labute approximate surface area is 129 Å². The standard InChI is InChI=1S/C15H31NO4Si/c1-7-19-14(18)16-12-10-8-9-11-13(17)20-21(5,6)15(2,3)4/h7-12H2,1-6H3,(H,16,18). The second-order valence-corrected chi connectivity index (χ2v) is 11.4. The quantitative estimate of drug-likeness (QED) is 0.545. The van der Waals surface area contributed by atoms with Crippen molar-refractivity contribution in [2.45, 2.75) is 71.5 Å². The first-order valence-electron chi connectivity index (χ1n) is 7.72. The third-order valence-corrected chi connectivity index (χ3v) is 8.13. The van der Waals surface area contributed by atoms with E-state index < -0.39 is 8.32 Å². The lowest BCUT2D eigenvalue weighted by Crippen LogP contribution is -2.42. The zero-order valence-corrected chi connectivity index (χ0v) is 15.4. The van der Waals surface area contributed by atoms with Gasteiger partial charge in [-0.15, -0.1) is 0 Å². The summed E-state index contributed by atoms with van der Waals surface area (Å²) in [6.45, 7) is 13.2. The van der Waals surface area contributed by atoms with E-state index in [9.17, 15) is 9.59 Å². The van der Waals surface area contributed by atoms with E-state index in [0.717, 1.165) is 19.3 Å². The summed E-state index contributed by atoms with van der Waals surface area (Å²) < 4.78 is 10.4. The van der Waals surface area contributed by atoms with Crippen LogP contribution in [0.2, 0.25) is 18.1 Å². The number of hydrogen-bond acceptors (Lipinski definition) is 4. The van der Waals surface area contributed by atoms with Gasteiger partial charge < -0.3 is 14.5 Å². The minimum Gasteiger partial charge on any atom is -0.519 e. The Kier molecular flexibility index (Phi) is 8.62. The molecule has 0 aromatic carbocycles. The summed E-state index contributed by atoms with van der Waals surface area (Å²) >= 11 is 0. The summed E-state index contributed by atoms with van der Waals surface area (Å²) in [6.07, 6.45) is 2.59. The first kappa shape index (κ1) is 20.0. The van der Waals surface area contributed by atoms with Crippen LogP contribution in [-0.4, -0.2) is 33.5 Å². The molecule has 0 aliphatic heterocycles. The molecule has 0 rings (SSSR count). The Balaban J connectivity index is 3.75. The lowest BCUT2D eigenvalue weighted by molar-refractivity contribution is -0.135. The van der Waals surface area contributed by atoms with E-state index in [1.807, 2.05) is 0 Å². The fraction of sp³-hybridized carbons (Fsp3) is 0.867. The zero-order chi connectivity index (χ0) is 16.5. The van der Waals surface area contributed by atoms with Crippen LogP contribution in [0.3, 0.4) is 0 Å². The molecule has 21 heavy (non-hydrogen) atoms. The summed E-state index contributed by atoms with van der Waals surface area (Å²) in [5, 5.41) is 2.71. The highest BCUT2D eigenvalue weighted by Crippen LogP contribution is 2.36. The summed E-state index contributed by atoms with van der Waals surface area (Å²) in [5.74, 6) is -0.0973. The van der Waals surface area contributed by atoms with Crippen LogP contribution in [0.1, 0.15) is 53.4 Å². The molecule has 6 heteroatoms. The van der Waals surface area contributed by atoms with Crippen LogP contribution in [0.25, 0.3) is 0 Å². The van der Waals surface area contributed by atoms with E-state index in [1.165, 1.54) is 0 Å². The molecule has 0 aromatic heterocycles. The number of hydrogen-bond donors (Lipinski definition) is 1. The van der Waals surface area contributed by atoms with E-state index in [-0.39, 0.29) is 17.1 Å². The van der Waals surface area contributed by atoms with Gasteiger partial charge in [0.2, 0.25) is 0 Å². The average Bonchev–Trinajstić information content (AvgIpc) is 2.31. The molecule has 0 aromatic rings. The highest BCUT2D eigenvalue weighted by atomic mass is 28.4. The molecule has 0 atom stereocenters. The molecule has 0 saturated carbocycles. The monoisotopic (exact) mass is 317 g/mol. The Morgan fingerprint density at radius 2 is 1.71 bits per heavy atom. The van der Waals surface area contributed by atoms with Crippen LogP contribution >= 0.6 is 0 Å². The number of alkyl carbamates (subject to hydrolysis) is 1. The minimum atomic E-state index is -1.99. The number of unbranched alkanes of at least 4 members (excludes halogenated alkanes) is 2. The van der Waals surface area contributed by atoms with Crippen LogP contribution < -0.4 is 5.32 Å². The first-order valence-corrected chi connectivity index (χ1v) is 10.6. The van der Waals surface area contributed by atoms with Crippen molar-refractivity contribution < 1.29 is 18.8 Å². The summed E-state index contributed by atoms with van der Waals surface area (Å²) in [5.41, 5.74) is 0. The van der Waals surface area contributed by atoms with Crippen LogP contribution in [0.5, 0.6) is 0 Å². The number of carbonyl (C=O) groups is 2. The maximum Gasteiger partial charge on any atom is 0.407 e. The van der Waals surface area contributed by atoms with E-state index in [2.05, 4.69) is 39.2 Å². The molecular formula is C15H31NO4Si. The van der Waals surface area contributed by atoms with E-state index in [0.29, 0.717) is 19.6 Å². The van der Waals surface area contributed by atoms with Gasteiger partial charge in [-0.1, -0.05) is 27.2 Å². The van der Waals surface area contributed by atoms with E-state index in [4.69, 9.17) is 9.16 Å². The number of ether oxygens (including phenoxy) is 1. The molecule has 0 aliphatic carbocycles. The number of nitrogens with one attached hydrogen (secondary N) is 1. The summed E-state index contributed by atoms with van der Waals surface area (Å²) in [6, 6.07) is 0. The Morgan fingerprint density at radius 3 is 2.24 bits per heavy atom. The van der Waals surface area contributed by atoms with Crippen molar-refractivity contribution in [1.82, 2.24) is 5.32 Å². The largest absolute Gasteiger partial charge is 0.519 e. The van der Waals surface area contributed by atoms with Crippen molar-refractivity contribution in [2.24, 2.45) is 0 Å². The van der Waals surface area contributed by atoms with Crippen molar-refractivity contribution in [1.29, 1.82) is 0 Å². The molecule has 1 amide bonds. The third kappa shape index (κ3) is 8.75. The van der Waals surface area contributed by atoms with Crippen molar-refractivity contribution in [2.75, 3.05) is 13.2 Å². The molecule has 0 spiro atoms. The lowest BCUT2D eigenvalue weighted by Gasteiger charge is -2.35. The molecule has 0 heterocycles. The van der Waals surface area contributed by atoms with Gasteiger partial charge >= 0.3 is 6.09 Å². The number of amides is 1. The maximum absolute atomic E-state index is 11.9. The molecular weight excluding hydrogens is 286 g/mol. The Morgan fingerprint density at radius 1 is 1.10 bits per heavy atom. The molecule has 0 radical (unpaired) electrons. The van der Waals surface area contributed by atoms with Crippen LogP contribution in [-0.2, 0) is 14.0 Å². The average molecular weight is 318 g/mol.